The maximum absolute atomic E-state index is 3.39. The summed E-state index contributed by atoms with van der Waals surface area (Å²) < 4.78 is 0. The number of aryl methyl sites for hydroxylation is 2. The topological polar surface area (TPSA) is 12.0 Å². The summed E-state index contributed by atoms with van der Waals surface area (Å²) in [5.74, 6) is 0. The fourth-order valence-electron chi connectivity index (χ4n) is 1.67. The van der Waals surface area contributed by atoms with E-state index in [9.17, 15) is 0 Å². The van der Waals surface area contributed by atoms with Crippen LogP contribution in [-0.2, 0) is 19.4 Å². The first-order chi connectivity index (χ1) is 6.81. The zero-order chi connectivity index (χ0) is 10.4. The fraction of sp³-hybridized carbons (Fsp3) is 0.538. The van der Waals surface area contributed by atoms with Gasteiger partial charge in [-0.25, -0.2) is 0 Å². The van der Waals surface area contributed by atoms with Gasteiger partial charge in [-0.3, -0.25) is 0 Å². The first-order valence-corrected chi connectivity index (χ1v) is 5.63. The Morgan fingerprint density at radius 2 is 1.79 bits per heavy atom. The molecule has 0 aliphatic rings. The average Bonchev–Trinajstić information content (AvgIpc) is 2.25. The average molecular weight is 191 g/mol. The predicted molar refractivity (Wildman–Crippen MR) is 62.6 cm³/mol. The maximum Gasteiger partial charge on any atom is 0.0208 e. The highest BCUT2D eigenvalue weighted by molar-refractivity contribution is 5.32. The van der Waals surface area contributed by atoms with Gasteiger partial charge in [-0.15, -0.1) is 0 Å². The molecule has 0 atom stereocenters. The lowest BCUT2D eigenvalue weighted by molar-refractivity contribution is 0.719. The Morgan fingerprint density at radius 3 is 2.36 bits per heavy atom. The Bertz CT molecular complexity index is 279. The normalized spacial score (nSPS) is 10.5. The molecule has 0 aliphatic heterocycles. The molecule has 78 valence electrons. The van der Waals surface area contributed by atoms with Crippen molar-refractivity contribution in [2.45, 2.75) is 40.2 Å². The van der Waals surface area contributed by atoms with E-state index in [1.807, 2.05) is 0 Å². The number of nitrogens with one attached hydrogen (secondary N) is 1. The molecule has 14 heavy (non-hydrogen) atoms. The molecular weight excluding hydrogens is 170 g/mol. The molecule has 1 nitrogen and oxygen atoms in total. The van der Waals surface area contributed by atoms with Gasteiger partial charge in [0.15, 0.2) is 0 Å². The second kappa shape index (κ2) is 5.82. The minimum atomic E-state index is 1.01. The van der Waals surface area contributed by atoms with Crippen molar-refractivity contribution in [1.82, 2.24) is 5.32 Å². The number of benzene rings is 1. The van der Waals surface area contributed by atoms with Crippen LogP contribution in [0.4, 0.5) is 0 Å². The van der Waals surface area contributed by atoms with Crippen molar-refractivity contribution < 1.29 is 0 Å². The summed E-state index contributed by atoms with van der Waals surface area (Å²) in [5, 5.41) is 3.39. The van der Waals surface area contributed by atoms with Gasteiger partial charge in [0.25, 0.3) is 0 Å². The smallest absolute Gasteiger partial charge is 0.0208 e. The molecular formula is C13H21N. The van der Waals surface area contributed by atoms with Crippen LogP contribution in [0.15, 0.2) is 18.2 Å². The monoisotopic (exact) mass is 191 g/mol. The highest BCUT2D eigenvalue weighted by Crippen LogP contribution is 2.13. The van der Waals surface area contributed by atoms with Gasteiger partial charge in [0.05, 0.1) is 0 Å². The largest absolute Gasteiger partial charge is 0.313 e. The summed E-state index contributed by atoms with van der Waals surface area (Å²) in [6, 6.07) is 6.85. The van der Waals surface area contributed by atoms with Crippen molar-refractivity contribution in [3.8, 4) is 0 Å². The van der Waals surface area contributed by atoms with E-state index in [2.05, 4.69) is 44.3 Å². The molecule has 0 aliphatic carbocycles. The third kappa shape index (κ3) is 2.85. The van der Waals surface area contributed by atoms with Crippen molar-refractivity contribution in [3.63, 3.8) is 0 Å². The van der Waals surface area contributed by atoms with Gasteiger partial charge in [-0.1, -0.05) is 39.0 Å². The van der Waals surface area contributed by atoms with Crippen molar-refractivity contribution in [2.75, 3.05) is 6.54 Å². The summed E-state index contributed by atoms with van der Waals surface area (Å²) in [4.78, 5) is 0. The van der Waals surface area contributed by atoms with Gasteiger partial charge < -0.3 is 5.32 Å². The van der Waals surface area contributed by atoms with Crippen molar-refractivity contribution in [3.05, 3.63) is 34.9 Å². The molecule has 0 unspecified atom stereocenters. The summed E-state index contributed by atoms with van der Waals surface area (Å²) in [6.45, 7) is 8.62. The van der Waals surface area contributed by atoms with E-state index in [0.29, 0.717) is 0 Å². The summed E-state index contributed by atoms with van der Waals surface area (Å²) in [6.07, 6.45) is 2.26. The lowest BCUT2D eigenvalue weighted by atomic mass is 10.0. The Labute approximate surface area is 87.5 Å². The molecule has 0 amide bonds. The second-order valence-corrected chi connectivity index (χ2v) is 3.59. The van der Waals surface area contributed by atoms with Gasteiger partial charge in [0, 0.05) is 6.54 Å². The Hall–Kier alpha value is -0.820. The summed E-state index contributed by atoms with van der Waals surface area (Å²) in [7, 11) is 0. The summed E-state index contributed by atoms with van der Waals surface area (Å²) in [5.41, 5.74) is 4.38. The van der Waals surface area contributed by atoms with Crippen LogP contribution in [0.1, 0.15) is 37.5 Å². The molecule has 1 rings (SSSR count). The van der Waals surface area contributed by atoms with Crippen LogP contribution in [0.3, 0.4) is 0 Å². The Balaban J connectivity index is 2.84. The van der Waals surface area contributed by atoms with Gasteiger partial charge >= 0.3 is 0 Å². The standard InChI is InChI=1S/C13H21N/c1-4-11-7-8-12(5-2)13(9-11)10-14-6-3/h7-9,14H,4-6,10H2,1-3H3. The molecule has 0 bridgehead atoms. The Kier molecular flexibility index (Phi) is 4.68. The predicted octanol–water partition coefficient (Wildman–Crippen LogP) is 2.92. The van der Waals surface area contributed by atoms with E-state index >= 15 is 0 Å². The molecule has 0 radical (unpaired) electrons. The van der Waals surface area contributed by atoms with Crippen LogP contribution >= 0.6 is 0 Å². The number of rotatable bonds is 5. The first kappa shape index (κ1) is 11.3. The van der Waals surface area contributed by atoms with Crippen LogP contribution in [0, 0.1) is 0 Å². The van der Waals surface area contributed by atoms with Crippen LogP contribution < -0.4 is 5.32 Å². The molecule has 1 aromatic carbocycles. The fourth-order valence-corrected chi connectivity index (χ4v) is 1.67. The molecule has 1 N–H and O–H groups in total. The lowest BCUT2D eigenvalue weighted by Gasteiger charge is -2.10. The van der Waals surface area contributed by atoms with E-state index in [1.165, 1.54) is 16.7 Å². The zero-order valence-electron chi connectivity index (χ0n) is 9.56. The number of hydrogen-bond donors (Lipinski definition) is 1. The minimum Gasteiger partial charge on any atom is -0.313 e. The third-order valence-corrected chi connectivity index (χ3v) is 2.63. The second-order valence-electron chi connectivity index (χ2n) is 3.59. The van der Waals surface area contributed by atoms with Crippen molar-refractivity contribution in [1.29, 1.82) is 0 Å². The van der Waals surface area contributed by atoms with Gasteiger partial charge in [-0.05, 0) is 36.1 Å². The van der Waals surface area contributed by atoms with E-state index in [-0.39, 0.29) is 0 Å². The van der Waals surface area contributed by atoms with Gasteiger partial charge in [0.1, 0.15) is 0 Å². The lowest BCUT2D eigenvalue weighted by Crippen LogP contribution is -2.13. The highest BCUT2D eigenvalue weighted by atomic mass is 14.8. The first-order valence-electron chi connectivity index (χ1n) is 5.63. The molecule has 0 heterocycles. The Morgan fingerprint density at radius 1 is 1.00 bits per heavy atom. The molecule has 1 heteroatoms. The van der Waals surface area contributed by atoms with E-state index in [1.54, 1.807) is 0 Å². The molecule has 0 fully saturated rings. The van der Waals surface area contributed by atoms with Crippen molar-refractivity contribution in [2.24, 2.45) is 0 Å². The van der Waals surface area contributed by atoms with Crippen LogP contribution in [-0.4, -0.2) is 6.54 Å². The van der Waals surface area contributed by atoms with E-state index in [4.69, 9.17) is 0 Å². The number of hydrogen-bond acceptors (Lipinski definition) is 1. The van der Waals surface area contributed by atoms with Crippen LogP contribution in [0.2, 0.25) is 0 Å². The van der Waals surface area contributed by atoms with Crippen LogP contribution in [0.5, 0.6) is 0 Å². The quantitative estimate of drug-likeness (QED) is 0.754. The van der Waals surface area contributed by atoms with Gasteiger partial charge in [-0.2, -0.15) is 0 Å². The SMILES string of the molecule is CCNCc1cc(CC)ccc1CC. The highest BCUT2D eigenvalue weighted by Gasteiger charge is 2.00. The van der Waals surface area contributed by atoms with Gasteiger partial charge in [0.2, 0.25) is 0 Å². The zero-order valence-corrected chi connectivity index (χ0v) is 9.56. The maximum atomic E-state index is 3.39. The summed E-state index contributed by atoms with van der Waals surface area (Å²) >= 11 is 0. The molecule has 0 aromatic heterocycles. The minimum absolute atomic E-state index is 1.01. The van der Waals surface area contributed by atoms with Crippen molar-refractivity contribution >= 4 is 0 Å². The van der Waals surface area contributed by atoms with Crippen LogP contribution in [0.25, 0.3) is 0 Å². The van der Waals surface area contributed by atoms with E-state index in [0.717, 1.165) is 25.9 Å². The third-order valence-electron chi connectivity index (χ3n) is 2.63. The van der Waals surface area contributed by atoms with E-state index < -0.39 is 0 Å². The molecule has 1 aromatic rings. The molecule has 0 spiro atoms. The molecule has 0 saturated carbocycles. The molecule has 0 saturated heterocycles.